The van der Waals surface area contributed by atoms with Gasteiger partial charge in [-0.15, -0.1) is 0 Å². The number of benzene rings is 1. The highest BCUT2D eigenvalue weighted by Gasteiger charge is 2.25. The van der Waals surface area contributed by atoms with E-state index in [-0.39, 0.29) is 16.9 Å². The zero-order valence-corrected chi connectivity index (χ0v) is 8.99. The van der Waals surface area contributed by atoms with Crippen LogP contribution in [0.1, 0.15) is 22.0 Å². The van der Waals surface area contributed by atoms with E-state index in [2.05, 4.69) is 0 Å². The summed E-state index contributed by atoms with van der Waals surface area (Å²) in [6.45, 7) is 0. The smallest absolute Gasteiger partial charge is 0.339 e. The second-order valence-corrected chi connectivity index (χ2v) is 3.25. The first-order valence-electron chi connectivity index (χ1n) is 4.68. The number of aromatic carboxylic acids is 1. The summed E-state index contributed by atoms with van der Waals surface area (Å²) in [6.07, 6.45) is -3.29. The van der Waals surface area contributed by atoms with Gasteiger partial charge in [-0.2, -0.15) is 5.26 Å². The molecule has 0 aromatic heterocycles. The van der Waals surface area contributed by atoms with E-state index >= 15 is 0 Å². The summed E-state index contributed by atoms with van der Waals surface area (Å²) in [6, 6.07) is 5.64. The Bertz CT molecular complexity index is 465. The Hall–Kier alpha value is -2.10. The van der Waals surface area contributed by atoms with Crippen molar-refractivity contribution in [2.45, 2.75) is 12.2 Å². The molecule has 0 saturated heterocycles. The molecular formula is C11H11NO5. The molecule has 6 nitrogen and oxygen atoms in total. The van der Waals surface area contributed by atoms with Crippen LogP contribution in [0, 0.1) is 11.3 Å². The first-order chi connectivity index (χ1) is 8.02. The number of carbonyl (C=O) groups is 1. The summed E-state index contributed by atoms with van der Waals surface area (Å²) in [7, 11) is 1.29. The maximum atomic E-state index is 11.1. The van der Waals surface area contributed by atoms with E-state index in [1.807, 2.05) is 0 Å². The van der Waals surface area contributed by atoms with Crippen LogP contribution in [0.5, 0.6) is 5.75 Å². The third kappa shape index (κ3) is 2.53. The van der Waals surface area contributed by atoms with Crippen molar-refractivity contribution in [2.75, 3.05) is 7.11 Å². The lowest BCUT2D eigenvalue weighted by molar-refractivity contribution is 0.0495. The predicted octanol–water partition coefficient (Wildman–Crippen LogP) is 0.311. The Kier molecular flexibility index (Phi) is 4.04. The first-order valence-corrected chi connectivity index (χ1v) is 4.68. The Labute approximate surface area is 97.3 Å². The third-order valence-corrected chi connectivity index (χ3v) is 2.24. The molecule has 3 N–H and O–H groups in total. The van der Waals surface area contributed by atoms with Gasteiger partial charge in [0.25, 0.3) is 0 Å². The fourth-order valence-electron chi connectivity index (χ4n) is 1.43. The van der Waals surface area contributed by atoms with E-state index in [1.165, 1.54) is 31.4 Å². The standard InChI is InChI=1S/C11H11NO5/c1-17-8-4-2-3-6(9(8)11(15)16)10(14)7(13)5-12/h2-4,7,10,13-14H,1H3,(H,15,16). The molecule has 2 unspecified atom stereocenters. The largest absolute Gasteiger partial charge is 0.496 e. The van der Waals surface area contributed by atoms with Gasteiger partial charge >= 0.3 is 5.97 Å². The number of ether oxygens (including phenoxy) is 1. The molecule has 17 heavy (non-hydrogen) atoms. The topological polar surface area (TPSA) is 111 Å². The van der Waals surface area contributed by atoms with E-state index in [4.69, 9.17) is 15.1 Å². The molecule has 90 valence electrons. The molecule has 0 radical (unpaired) electrons. The summed E-state index contributed by atoms with van der Waals surface area (Å²) < 4.78 is 4.85. The van der Waals surface area contributed by atoms with Crippen molar-refractivity contribution in [2.24, 2.45) is 0 Å². The van der Waals surface area contributed by atoms with Crippen molar-refractivity contribution in [1.29, 1.82) is 5.26 Å². The molecule has 0 amide bonds. The molecule has 1 rings (SSSR count). The fourth-order valence-corrected chi connectivity index (χ4v) is 1.43. The molecule has 0 spiro atoms. The van der Waals surface area contributed by atoms with Crippen molar-refractivity contribution in [3.63, 3.8) is 0 Å². The summed E-state index contributed by atoms with van der Waals surface area (Å²) >= 11 is 0. The molecule has 0 aliphatic rings. The van der Waals surface area contributed by atoms with Gasteiger partial charge in [0.15, 0.2) is 6.10 Å². The number of aliphatic hydroxyl groups excluding tert-OH is 2. The minimum absolute atomic E-state index is 0.0548. The lowest BCUT2D eigenvalue weighted by Crippen LogP contribution is -2.19. The van der Waals surface area contributed by atoms with Crippen LogP contribution in [-0.4, -0.2) is 34.5 Å². The second-order valence-electron chi connectivity index (χ2n) is 3.25. The van der Waals surface area contributed by atoms with Gasteiger partial charge < -0.3 is 20.1 Å². The minimum Gasteiger partial charge on any atom is -0.496 e. The number of nitrogens with zero attached hydrogens (tertiary/aromatic N) is 1. The van der Waals surface area contributed by atoms with E-state index < -0.39 is 18.2 Å². The summed E-state index contributed by atoms with van der Waals surface area (Å²) in [5.74, 6) is -1.25. The molecule has 0 fully saturated rings. The monoisotopic (exact) mass is 237 g/mol. The number of aliphatic hydroxyl groups is 2. The highest BCUT2D eigenvalue weighted by atomic mass is 16.5. The zero-order valence-electron chi connectivity index (χ0n) is 8.99. The molecule has 2 atom stereocenters. The zero-order chi connectivity index (χ0) is 13.0. The summed E-state index contributed by atoms with van der Waals surface area (Å²) in [5, 5.41) is 36.4. The maximum absolute atomic E-state index is 11.1. The van der Waals surface area contributed by atoms with Gasteiger partial charge in [-0.25, -0.2) is 4.79 Å². The average Bonchev–Trinajstić information content (AvgIpc) is 2.35. The van der Waals surface area contributed by atoms with Crippen molar-refractivity contribution in [3.05, 3.63) is 29.3 Å². The first kappa shape index (κ1) is 13.0. The SMILES string of the molecule is COc1cccc(C(O)C(O)C#N)c1C(=O)O. The molecule has 0 bridgehead atoms. The predicted molar refractivity (Wildman–Crippen MR) is 56.5 cm³/mol. The van der Waals surface area contributed by atoms with Crippen LogP contribution < -0.4 is 4.74 Å². The average molecular weight is 237 g/mol. The highest BCUT2D eigenvalue weighted by Crippen LogP contribution is 2.28. The van der Waals surface area contributed by atoms with Crippen LogP contribution in [-0.2, 0) is 0 Å². The lowest BCUT2D eigenvalue weighted by atomic mass is 9.98. The number of carboxylic acids is 1. The molecule has 0 heterocycles. The van der Waals surface area contributed by atoms with Crippen LogP contribution in [0.3, 0.4) is 0 Å². The van der Waals surface area contributed by atoms with Crippen molar-refractivity contribution in [1.82, 2.24) is 0 Å². The van der Waals surface area contributed by atoms with E-state index in [0.717, 1.165) is 0 Å². The van der Waals surface area contributed by atoms with Gasteiger partial charge in [0.1, 0.15) is 17.4 Å². The summed E-state index contributed by atoms with van der Waals surface area (Å²) in [4.78, 5) is 11.1. The lowest BCUT2D eigenvalue weighted by Gasteiger charge is -2.16. The number of rotatable bonds is 4. The second kappa shape index (κ2) is 5.30. The number of nitriles is 1. The number of methoxy groups -OCH3 is 1. The van der Waals surface area contributed by atoms with E-state index in [1.54, 1.807) is 0 Å². The van der Waals surface area contributed by atoms with Crippen LogP contribution in [0.2, 0.25) is 0 Å². The van der Waals surface area contributed by atoms with Crippen LogP contribution in [0.4, 0.5) is 0 Å². The maximum Gasteiger partial charge on any atom is 0.339 e. The Balaban J connectivity index is 3.34. The molecule has 1 aromatic carbocycles. The third-order valence-electron chi connectivity index (χ3n) is 2.24. The van der Waals surface area contributed by atoms with Gasteiger partial charge in [-0.3, -0.25) is 0 Å². The molecule has 6 heteroatoms. The molecule has 0 saturated carbocycles. The van der Waals surface area contributed by atoms with Crippen LogP contribution >= 0.6 is 0 Å². The van der Waals surface area contributed by atoms with Gasteiger partial charge in [0.05, 0.1) is 13.2 Å². The van der Waals surface area contributed by atoms with Crippen LogP contribution in [0.15, 0.2) is 18.2 Å². The van der Waals surface area contributed by atoms with Crippen molar-refractivity contribution < 1.29 is 24.9 Å². The quantitative estimate of drug-likeness (QED) is 0.650. The number of carboxylic acid groups (broad SMARTS) is 1. The minimum atomic E-state index is -1.69. The Morgan fingerprint density at radius 2 is 2.12 bits per heavy atom. The number of hydrogen-bond acceptors (Lipinski definition) is 5. The normalized spacial score (nSPS) is 13.5. The van der Waals surface area contributed by atoms with Crippen LogP contribution in [0.25, 0.3) is 0 Å². The molecular weight excluding hydrogens is 226 g/mol. The van der Waals surface area contributed by atoms with Crippen molar-refractivity contribution >= 4 is 5.97 Å². The fraction of sp³-hybridized carbons (Fsp3) is 0.273. The van der Waals surface area contributed by atoms with Gasteiger partial charge in [0.2, 0.25) is 0 Å². The van der Waals surface area contributed by atoms with E-state index in [0.29, 0.717) is 0 Å². The molecule has 0 aliphatic heterocycles. The van der Waals surface area contributed by atoms with Gasteiger partial charge in [-0.05, 0) is 6.07 Å². The molecule has 1 aromatic rings. The number of hydrogen-bond donors (Lipinski definition) is 3. The van der Waals surface area contributed by atoms with Crippen molar-refractivity contribution in [3.8, 4) is 11.8 Å². The summed E-state index contributed by atoms with van der Waals surface area (Å²) in [5.41, 5.74) is -0.331. The van der Waals surface area contributed by atoms with E-state index in [9.17, 15) is 15.0 Å². The van der Waals surface area contributed by atoms with Gasteiger partial charge in [0, 0.05) is 5.56 Å². The molecule has 0 aliphatic carbocycles. The Morgan fingerprint density at radius 3 is 2.59 bits per heavy atom. The van der Waals surface area contributed by atoms with Gasteiger partial charge in [-0.1, -0.05) is 12.1 Å². The Morgan fingerprint density at radius 1 is 1.47 bits per heavy atom. The highest BCUT2D eigenvalue weighted by molar-refractivity contribution is 5.92.